The quantitative estimate of drug-likeness (QED) is 0.241. The zero-order valence-electron chi connectivity index (χ0n) is 16.4. The van der Waals surface area contributed by atoms with Crippen LogP contribution in [0.5, 0.6) is 5.75 Å². The van der Waals surface area contributed by atoms with Crippen molar-refractivity contribution in [3.63, 3.8) is 0 Å². The lowest BCUT2D eigenvalue weighted by atomic mass is 10.2. The van der Waals surface area contributed by atoms with Crippen LogP contribution in [0, 0.1) is 0 Å². The Morgan fingerprint density at radius 1 is 1.30 bits per heavy atom. The third kappa shape index (κ3) is 5.20. The summed E-state index contributed by atoms with van der Waals surface area (Å²) in [7, 11) is 0. The van der Waals surface area contributed by atoms with E-state index in [2.05, 4.69) is 55.4 Å². The highest BCUT2D eigenvalue weighted by Crippen LogP contribution is 2.32. The van der Waals surface area contributed by atoms with Gasteiger partial charge in [-0.3, -0.25) is 4.79 Å². The van der Waals surface area contributed by atoms with Crippen LogP contribution in [-0.4, -0.2) is 22.5 Å². The molecule has 0 fully saturated rings. The van der Waals surface area contributed by atoms with Crippen LogP contribution < -0.4 is 10.3 Å². The fourth-order valence-electron chi connectivity index (χ4n) is 2.90. The summed E-state index contributed by atoms with van der Waals surface area (Å²) in [5, 5.41) is 5.49. The Bertz CT molecular complexity index is 1180. The second kappa shape index (κ2) is 10.4. The molecule has 0 atom stereocenters. The molecule has 0 saturated heterocycles. The Morgan fingerprint density at radius 2 is 2.10 bits per heavy atom. The standard InChI is InChI=1S/C22H20Br2ClN3O2/c1-3-5-6-20-27-19-8-7-15(23)11-17(19)22(29)28(20)26-13-14-10-16(25)12-18(24)21(14)30-9-4-2/h4,7-8,10-13H,2-3,5-6,9H2,1H3. The highest BCUT2D eigenvalue weighted by atomic mass is 79.9. The number of aromatic nitrogens is 2. The number of fused-ring (bicyclic) bond motifs is 1. The summed E-state index contributed by atoms with van der Waals surface area (Å²) in [4.78, 5) is 17.9. The molecule has 0 amide bonds. The van der Waals surface area contributed by atoms with Crippen LogP contribution in [0.25, 0.3) is 10.9 Å². The number of hydrogen-bond acceptors (Lipinski definition) is 4. The summed E-state index contributed by atoms with van der Waals surface area (Å²) >= 11 is 13.1. The predicted octanol–water partition coefficient (Wildman–Crippen LogP) is 6.36. The fraction of sp³-hybridized carbons (Fsp3) is 0.227. The van der Waals surface area contributed by atoms with Crippen molar-refractivity contribution in [2.75, 3.05) is 6.61 Å². The van der Waals surface area contributed by atoms with E-state index in [1.54, 1.807) is 30.5 Å². The summed E-state index contributed by atoms with van der Waals surface area (Å²) in [6.45, 7) is 6.10. The average Bonchev–Trinajstić information content (AvgIpc) is 2.71. The maximum Gasteiger partial charge on any atom is 0.282 e. The zero-order valence-corrected chi connectivity index (χ0v) is 20.3. The van der Waals surface area contributed by atoms with Crippen LogP contribution in [-0.2, 0) is 6.42 Å². The fourth-order valence-corrected chi connectivity index (χ4v) is 4.21. The molecule has 0 aliphatic carbocycles. The third-order valence-electron chi connectivity index (χ3n) is 4.32. The molecule has 0 bridgehead atoms. The molecule has 3 rings (SSSR count). The third-order valence-corrected chi connectivity index (χ3v) is 5.62. The van der Waals surface area contributed by atoms with Gasteiger partial charge in [-0.25, -0.2) is 4.98 Å². The molecule has 1 aromatic heterocycles. The molecule has 0 aliphatic rings. The minimum Gasteiger partial charge on any atom is -0.488 e. The van der Waals surface area contributed by atoms with E-state index in [0.717, 1.165) is 17.3 Å². The van der Waals surface area contributed by atoms with Gasteiger partial charge in [-0.15, -0.1) is 0 Å². The Morgan fingerprint density at radius 3 is 2.83 bits per heavy atom. The van der Waals surface area contributed by atoms with Crippen molar-refractivity contribution in [2.24, 2.45) is 5.10 Å². The van der Waals surface area contributed by atoms with Crippen LogP contribution in [0.4, 0.5) is 0 Å². The minimum atomic E-state index is -0.224. The SMILES string of the molecule is C=CCOc1c(Br)cc(Cl)cc1C=Nn1c(CCCC)nc2ccc(Br)cc2c1=O. The molecule has 3 aromatic rings. The first-order chi connectivity index (χ1) is 14.4. The molecule has 2 aromatic carbocycles. The Labute approximate surface area is 196 Å². The normalized spacial score (nSPS) is 11.3. The van der Waals surface area contributed by atoms with Gasteiger partial charge in [0, 0.05) is 21.5 Å². The molecule has 8 heteroatoms. The maximum atomic E-state index is 13.2. The van der Waals surface area contributed by atoms with Crippen LogP contribution in [0.1, 0.15) is 31.2 Å². The first-order valence-corrected chi connectivity index (χ1v) is 11.4. The van der Waals surface area contributed by atoms with Crippen LogP contribution in [0.15, 0.2) is 61.8 Å². The molecule has 1 heterocycles. The Kier molecular flexibility index (Phi) is 7.86. The molecule has 0 radical (unpaired) electrons. The van der Waals surface area contributed by atoms with Gasteiger partial charge in [0.15, 0.2) is 0 Å². The van der Waals surface area contributed by atoms with Crippen molar-refractivity contribution in [3.05, 3.63) is 78.7 Å². The number of unbranched alkanes of at least 4 members (excludes halogenated alkanes) is 1. The van der Waals surface area contributed by atoms with Gasteiger partial charge >= 0.3 is 0 Å². The molecular formula is C22H20Br2ClN3O2. The first-order valence-electron chi connectivity index (χ1n) is 9.43. The van der Waals surface area contributed by atoms with Crippen LogP contribution in [0.2, 0.25) is 5.02 Å². The molecule has 156 valence electrons. The first kappa shape index (κ1) is 22.7. The van der Waals surface area contributed by atoms with Crippen LogP contribution >= 0.6 is 43.5 Å². The molecule has 30 heavy (non-hydrogen) atoms. The summed E-state index contributed by atoms with van der Waals surface area (Å²) in [6, 6.07) is 8.94. The van der Waals surface area contributed by atoms with Gasteiger partial charge in [-0.2, -0.15) is 9.78 Å². The Hall–Kier alpha value is -1.96. The summed E-state index contributed by atoms with van der Waals surface area (Å²) in [6.07, 6.45) is 5.76. The number of aryl methyl sites for hydroxylation is 1. The lowest BCUT2D eigenvalue weighted by Crippen LogP contribution is -2.22. The van der Waals surface area contributed by atoms with Gasteiger partial charge in [0.25, 0.3) is 5.56 Å². The van der Waals surface area contributed by atoms with Crippen LogP contribution in [0.3, 0.4) is 0 Å². The van der Waals surface area contributed by atoms with Crippen molar-refractivity contribution in [1.29, 1.82) is 0 Å². The molecule has 0 spiro atoms. The van der Waals surface area contributed by atoms with Gasteiger partial charge < -0.3 is 4.74 Å². The average molecular weight is 554 g/mol. The summed E-state index contributed by atoms with van der Waals surface area (Å²) < 4.78 is 8.61. The van der Waals surface area contributed by atoms with Gasteiger partial charge in [0.1, 0.15) is 18.2 Å². The lowest BCUT2D eigenvalue weighted by molar-refractivity contribution is 0.360. The highest BCUT2D eigenvalue weighted by Gasteiger charge is 2.13. The molecule has 0 saturated carbocycles. The van der Waals surface area contributed by atoms with E-state index in [0.29, 0.717) is 50.6 Å². The van der Waals surface area contributed by atoms with E-state index in [1.165, 1.54) is 4.68 Å². The van der Waals surface area contributed by atoms with Crippen molar-refractivity contribution in [2.45, 2.75) is 26.2 Å². The van der Waals surface area contributed by atoms with E-state index in [1.807, 2.05) is 12.1 Å². The monoisotopic (exact) mass is 551 g/mol. The number of nitrogens with zero attached hydrogens (tertiary/aromatic N) is 3. The van der Waals surface area contributed by atoms with Crippen molar-refractivity contribution < 1.29 is 4.74 Å². The number of ether oxygens (including phenoxy) is 1. The highest BCUT2D eigenvalue weighted by molar-refractivity contribution is 9.10. The Balaban J connectivity index is 2.14. The van der Waals surface area contributed by atoms with E-state index in [-0.39, 0.29) is 5.56 Å². The van der Waals surface area contributed by atoms with E-state index >= 15 is 0 Å². The minimum absolute atomic E-state index is 0.224. The zero-order chi connectivity index (χ0) is 21.7. The summed E-state index contributed by atoms with van der Waals surface area (Å²) in [5.74, 6) is 1.19. The van der Waals surface area contributed by atoms with Crippen molar-refractivity contribution >= 4 is 60.6 Å². The number of benzene rings is 2. The smallest absolute Gasteiger partial charge is 0.282 e. The second-order valence-electron chi connectivity index (χ2n) is 6.56. The van der Waals surface area contributed by atoms with Gasteiger partial charge in [-0.05, 0) is 52.7 Å². The number of hydrogen-bond donors (Lipinski definition) is 0. The summed E-state index contributed by atoms with van der Waals surface area (Å²) in [5.41, 5.74) is 1.07. The second-order valence-corrected chi connectivity index (χ2v) is 8.77. The number of halogens is 3. The topological polar surface area (TPSA) is 56.5 Å². The van der Waals surface area contributed by atoms with E-state index in [9.17, 15) is 4.79 Å². The molecule has 0 N–H and O–H groups in total. The molecular weight excluding hydrogens is 534 g/mol. The maximum absolute atomic E-state index is 13.2. The lowest BCUT2D eigenvalue weighted by Gasteiger charge is -2.11. The van der Waals surface area contributed by atoms with E-state index < -0.39 is 0 Å². The molecule has 0 unspecified atom stereocenters. The molecule has 5 nitrogen and oxygen atoms in total. The predicted molar refractivity (Wildman–Crippen MR) is 130 cm³/mol. The van der Waals surface area contributed by atoms with Crippen molar-refractivity contribution in [3.8, 4) is 5.75 Å². The van der Waals surface area contributed by atoms with Gasteiger partial charge in [0.05, 0.1) is 21.6 Å². The van der Waals surface area contributed by atoms with Gasteiger partial charge in [-0.1, -0.05) is 53.5 Å². The van der Waals surface area contributed by atoms with Crippen molar-refractivity contribution in [1.82, 2.24) is 9.66 Å². The number of rotatable bonds is 8. The van der Waals surface area contributed by atoms with E-state index in [4.69, 9.17) is 16.3 Å². The largest absolute Gasteiger partial charge is 0.488 e. The van der Waals surface area contributed by atoms with Gasteiger partial charge in [0.2, 0.25) is 0 Å². The molecule has 0 aliphatic heterocycles.